The lowest BCUT2D eigenvalue weighted by Gasteiger charge is -2.22. The zero-order valence-corrected chi connectivity index (χ0v) is 12.9. The summed E-state index contributed by atoms with van der Waals surface area (Å²) >= 11 is 1.52. The fraction of sp³-hybridized carbons (Fsp3) is 0.571. The van der Waals surface area contributed by atoms with E-state index in [1.165, 1.54) is 18.3 Å². The van der Waals surface area contributed by atoms with Crippen molar-refractivity contribution >= 4 is 23.2 Å². The van der Waals surface area contributed by atoms with Crippen LogP contribution in [0.2, 0.25) is 0 Å². The molecule has 0 aliphatic rings. The highest BCUT2D eigenvalue weighted by molar-refractivity contribution is 7.10. The van der Waals surface area contributed by atoms with Crippen molar-refractivity contribution in [3.8, 4) is 0 Å². The molecule has 1 aromatic heterocycles. The standard InChI is InChI=1S/C14H22N2O3S/c1-10(17)6-7-16(3)14(19)9-12(15-11(2)18)13-5-4-8-20-13/h4-5,8,10,12,17H,6-7,9H2,1-3H3,(H,15,18). The molecule has 6 heteroatoms. The Morgan fingerprint density at radius 2 is 2.20 bits per heavy atom. The third-order valence-electron chi connectivity index (χ3n) is 2.95. The number of hydrogen-bond acceptors (Lipinski definition) is 4. The molecule has 0 saturated carbocycles. The van der Waals surface area contributed by atoms with Crippen LogP contribution in [-0.2, 0) is 9.59 Å². The van der Waals surface area contributed by atoms with Gasteiger partial charge >= 0.3 is 0 Å². The highest BCUT2D eigenvalue weighted by Crippen LogP contribution is 2.22. The van der Waals surface area contributed by atoms with E-state index in [1.54, 1.807) is 18.9 Å². The van der Waals surface area contributed by atoms with Crippen LogP contribution >= 0.6 is 11.3 Å². The second-order valence-electron chi connectivity index (χ2n) is 4.93. The average molecular weight is 298 g/mol. The molecule has 2 amide bonds. The number of amides is 2. The summed E-state index contributed by atoms with van der Waals surface area (Å²) in [5.74, 6) is -0.194. The van der Waals surface area contributed by atoms with Crippen molar-refractivity contribution in [2.45, 2.75) is 38.8 Å². The molecular weight excluding hydrogens is 276 g/mol. The van der Waals surface area contributed by atoms with Crippen molar-refractivity contribution in [3.63, 3.8) is 0 Å². The number of nitrogens with one attached hydrogen (secondary N) is 1. The van der Waals surface area contributed by atoms with Crippen LogP contribution in [0.1, 0.15) is 37.6 Å². The Bertz CT molecular complexity index is 432. The fourth-order valence-electron chi connectivity index (χ4n) is 1.79. The minimum Gasteiger partial charge on any atom is -0.393 e. The van der Waals surface area contributed by atoms with Crippen molar-refractivity contribution in [2.24, 2.45) is 0 Å². The maximum atomic E-state index is 12.1. The Morgan fingerprint density at radius 1 is 1.50 bits per heavy atom. The van der Waals surface area contributed by atoms with Crippen LogP contribution in [0.25, 0.3) is 0 Å². The lowest BCUT2D eigenvalue weighted by molar-refractivity contribution is -0.131. The molecule has 0 saturated heterocycles. The zero-order chi connectivity index (χ0) is 15.1. The minimum absolute atomic E-state index is 0.0437. The first-order valence-electron chi connectivity index (χ1n) is 6.62. The molecule has 1 heterocycles. The Labute approximate surface area is 123 Å². The first kappa shape index (κ1) is 16.7. The van der Waals surface area contributed by atoms with Crippen molar-refractivity contribution < 1.29 is 14.7 Å². The number of rotatable bonds is 7. The number of aliphatic hydroxyl groups excluding tert-OH is 1. The average Bonchev–Trinajstić information content (AvgIpc) is 2.88. The van der Waals surface area contributed by atoms with E-state index < -0.39 is 6.10 Å². The molecule has 1 aromatic rings. The Kier molecular flexibility index (Phi) is 6.67. The van der Waals surface area contributed by atoms with Gasteiger partial charge in [0.2, 0.25) is 11.8 Å². The summed E-state index contributed by atoms with van der Waals surface area (Å²) in [5.41, 5.74) is 0. The minimum atomic E-state index is -0.423. The van der Waals surface area contributed by atoms with Gasteiger partial charge in [-0.1, -0.05) is 6.07 Å². The molecule has 5 nitrogen and oxygen atoms in total. The van der Waals surface area contributed by atoms with E-state index in [1.807, 2.05) is 17.5 Å². The lowest BCUT2D eigenvalue weighted by atomic mass is 10.1. The molecule has 0 aliphatic carbocycles. The highest BCUT2D eigenvalue weighted by Gasteiger charge is 2.20. The quantitative estimate of drug-likeness (QED) is 0.802. The largest absolute Gasteiger partial charge is 0.393 e. The number of hydrogen-bond donors (Lipinski definition) is 2. The van der Waals surface area contributed by atoms with Crippen LogP contribution in [0.4, 0.5) is 0 Å². The van der Waals surface area contributed by atoms with Crippen molar-refractivity contribution in [3.05, 3.63) is 22.4 Å². The molecule has 0 aromatic carbocycles. The molecule has 0 spiro atoms. The smallest absolute Gasteiger partial charge is 0.224 e. The second-order valence-corrected chi connectivity index (χ2v) is 5.90. The van der Waals surface area contributed by atoms with E-state index in [0.717, 1.165) is 4.88 Å². The molecule has 0 aliphatic heterocycles. The third-order valence-corrected chi connectivity index (χ3v) is 3.94. The lowest BCUT2D eigenvalue weighted by Crippen LogP contribution is -2.34. The summed E-state index contributed by atoms with van der Waals surface area (Å²) < 4.78 is 0. The number of thiophene rings is 1. The number of nitrogens with zero attached hydrogens (tertiary/aromatic N) is 1. The molecule has 1 rings (SSSR count). The Balaban J connectivity index is 2.60. The van der Waals surface area contributed by atoms with Gasteiger partial charge in [-0.3, -0.25) is 9.59 Å². The SMILES string of the molecule is CC(=O)NC(CC(=O)N(C)CCC(C)O)c1cccs1. The van der Waals surface area contributed by atoms with E-state index in [0.29, 0.717) is 13.0 Å². The van der Waals surface area contributed by atoms with Gasteiger partial charge < -0.3 is 15.3 Å². The summed E-state index contributed by atoms with van der Waals surface area (Å²) in [7, 11) is 1.71. The number of aliphatic hydroxyl groups is 1. The summed E-state index contributed by atoms with van der Waals surface area (Å²) in [5, 5.41) is 14.0. The normalized spacial score (nSPS) is 13.6. The van der Waals surface area contributed by atoms with E-state index in [9.17, 15) is 14.7 Å². The van der Waals surface area contributed by atoms with Crippen LogP contribution in [-0.4, -0.2) is 41.5 Å². The zero-order valence-electron chi connectivity index (χ0n) is 12.1. The summed E-state index contributed by atoms with van der Waals surface area (Å²) in [6.45, 7) is 3.65. The van der Waals surface area contributed by atoms with Gasteiger partial charge in [0.1, 0.15) is 0 Å². The fourth-order valence-corrected chi connectivity index (χ4v) is 2.57. The van der Waals surface area contributed by atoms with E-state index in [2.05, 4.69) is 5.32 Å². The second kappa shape index (κ2) is 8.01. The predicted octanol–water partition coefficient (Wildman–Crippen LogP) is 1.54. The van der Waals surface area contributed by atoms with Gasteiger partial charge in [0.25, 0.3) is 0 Å². The van der Waals surface area contributed by atoms with Crippen LogP contribution in [0.5, 0.6) is 0 Å². The number of carbonyl (C=O) groups is 2. The highest BCUT2D eigenvalue weighted by atomic mass is 32.1. The molecule has 2 unspecified atom stereocenters. The first-order chi connectivity index (χ1) is 9.40. The molecule has 0 bridgehead atoms. The molecule has 0 fully saturated rings. The van der Waals surface area contributed by atoms with Gasteiger partial charge in [0.15, 0.2) is 0 Å². The molecule has 20 heavy (non-hydrogen) atoms. The van der Waals surface area contributed by atoms with Gasteiger partial charge in [-0.2, -0.15) is 0 Å². The maximum absolute atomic E-state index is 12.1. The van der Waals surface area contributed by atoms with Gasteiger partial charge in [-0.05, 0) is 24.8 Å². The van der Waals surface area contributed by atoms with Crippen LogP contribution < -0.4 is 5.32 Å². The van der Waals surface area contributed by atoms with E-state index in [4.69, 9.17) is 0 Å². The predicted molar refractivity (Wildman–Crippen MR) is 79.4 cm³/mol. The van der Waals surface area contributed by atoms with Crippen LogP contribution in [0, 0.1) is 0 Å². The molecular formula is C14H22N2O3S. The first-order valence-corrected chi connectivity index (χ1v) is 7.50. The Hall–Kier alpha value is -1.40. The third kappa shape index (κ3) is 5.71. The van der Waals surface area contributed by atoms with Crippen molar-refractivity contribution in [2.75, 3.05) is 13.6 Å². The van der Waals surface area contributed by atoms with Crippen LogP contribution in [0.3, 0.4) is 0 Å². The maximum Gasteiger partial charge on any atom is 0.224 e. The molecule has 2 atom stereocenters. The van der Waals surface area contributed by atoms with Gasteiger partial charge in [-0.15, -0.1) is 11.3 Å². The topological polar surface area (TPSA) is 69.6 Å². The summed E-state index contributed by atoms with van der Waals surface area (Å²) in [6, 6.07) is 3.53. The summed E-state index contributed by atoms with van der Waals surface area (Å²) in [6.07, 6.45) is 0.358. The van der Waals surface area contributed by atoms with Gasteiger partial charge in [-0.25, -0.2) is 0 Å². The van der Waals surface area contributed by atoms with E-state index >= 15 is 0 Å². The molecule has 2 N–H and O–H groups in total. The van der Waals surface area contributed by atoms with Gasteiger partial charge in [0.05, 0.1) is 18.6 Å². The monoisotopic (exact) mass is 298 g/mol. The summed E-state index contributed by atoms with van der Waals surface area (Å²) in [4.78, 5) is 26.0. The van der Waals surface area contributed by atoms with Gasteiger partial charge in [0, 0.05) is 25.4 Å². The molecule has 112 valence electrons. The van der Waals surface area contributed by atoms with Crippen LogP contribution in [0.15, 0.2) is 17.5 Å². The van der Waals surface area contributed by atoms with E-state index in [-0.39, 0.29) is 24.3 Å². The van der Waals surface area contributed by atoms with Crippen molar-refractivity contribution in [1.29, 1.82) is 0 Å². The molecule has 0 radical (unpaired) electrons. The number of carbonyl (C=O) groups excluding carboxylic acids is 2. The van der Waals surface area contributed by atoms with Crippen molar-refractivity contribution in [1.82, 2.24) is 10.2 Å². The Morgan fingerprint density at radius 3 is 2.70 bits per heavy atom.